The zero-order valence-electron chi connectivity index (χ0n) is 13.7. The molecule has 6 nitrogen and oxygen atoms in total. The van der Waals surface area contributed by atoms with Gasteiger partial charge in [0, 0.05) is 19.7 Å². The van der Waals surface area contributed by atoms with E-state index in [9.17, 15) is 14.4 Å². The fourth-order valence-corrected chi connectivity index (χ4v) is 2.66. The van der Waals surface area contributed by atoms with Crippen molar-refractivity contribution in [3.63, 3.8) is 0 Å². The third-order valence-corrected chi connectivity index (χ3v) is 3.87. The maximum Gasteiger partial charge on any atom is 0.338 e. The van der Waals surface area contributed by atoms with Gasteiger partial charge in [0.15, 0.2) is 0 Å². The molecule has 0 radical (unpaired) electrons. The fourth-order valence-electron chi connectivity index (χ4n) is 2.66. The molecule has 0 saturated carbocycles. The molecule has 3 amide bonds. The van der Waals surface area contributed by atoms with E-state index >= 15 is 0 Å². The van der Waals surface area contributed by atoms with Crippen molar-refractivity contribution in [1.29, 1.82) is 0 Å². The molecule has 122 valence electrons. The standard InChI is InChI=1S/C17H20N2O4/c1-5-23-16(21)14-11(2)18(4)17(22)19(12(3)20)15(14)13-9-7-6-8-10-13/h6-10,15H,5H2,1-4H3. The number of hydrogen-bond acceptors (Lipinski definition) is 4. The lowest BCUT2D eigenvalue weighted by Gasteiger charge is -2.39. The second-order valence-electron chi connectivity index (χ2n) is 5.26. The molecular weight excluding hydrogens is 296 g/mol. The summed E-state index contributed by atoms with van der Waals surface area (Å²) in [5, 5.41) is 0. The van der Waals surface area contributed by atoms with Gasteiger partial charge in [0.1, 0.15) is 6.04 Å². The van der Waals surface area contributed by atoms with Crippen LogP contribution in [0.4, 0.5) is 4.79 Å². The van der Waals surface area contributed by atoms with Crippen molar-refractivity contribution in [2.75, 3.05) is 13.7 Å². The molecule has 1 unspecified atom stereocenters. The van der Waals surface area contributed by atoms with E-state index < -0.39 is 23.9 Å². The van der Waals surface area contributed by atoms with Crippen molar-refractivity contribution in [1.82, 2.24) is 9.80 Å². The Morgan fingerprint density at radius 2 is 1.83 bits per heavy atom. The summed E-state index contributed by atoms with van der Waals surface area (Å²) in [4.78, 5) is 39.5. The monoisotopic (exact) mass is 316 g/mol. The Kier molecular flexibility index (Phi) is 4.83. The van der Waals surface area contributed by atoms with Gasteiger partial charge >= 0.3 is 12.0 Å². The highest BCUT2D eigenvalue weighted by molar-refractivity contribution is 6.01. The number of carbonyl (C=O) groups is 3. The lowest BCUT2D eigenvalue weighted by Crippen LogP contribution is -2.51. The first-order valence-corrected chi connectivity index (χ1v) is 7.40. The van der Waals surface area contributed by atoms with Crippen LogP contribution in [0.3, 0.4) is 0 Å². The normalized spacial score (nSPS) is 18.3. The summed E-state index contributed by atoms with van der Waals surface area (Å²) in [6, 6.07) is 7.76. The van der Waals surface area contributed by atoms with Gasteiger partial charge < -0.3 is 9.64 Å². The molecule has 0 spiro atoms. The van der Waals surface area contributed by atoms with Crippen molar-refractivity contribution >= 4 is 17.9 Å². The van der Waals surface area contributed by atoms with E-state index in [-0.39, 0.29) is 6.61 Å². The molecule has 1 heterocycles. The Morgan fingerprint density at radius 1 is 1.22 bits per heavy atom. The highest BCUT2D eigenvalue weighted by atomic mass is 16.5. The molecule has 1 aliphatic rings. The van der Waals surface area contributed by atoms with Crippen LogP contribution in [-0.4, -0.2) is 41.4 Å². The van der Waals surface area contributed by atoms with Gasteiger partial charge in [-0.2, -0.15) is 0 Å². The van der Waals surface area contributed by atoms with Gasteiger partial charge in [0.05, 0.1) is 12.2 Å². The minimum atomic E-state index is -0.781. The quantitative estimate of drug-likeness (QED) is 0.804. The summed E-state index contributed by atoms with van der Waals surface area (Å²) in [6.45, 7) is 4.92. The zero-order chi connectivity index (χ0) is 17.1. The molecule has 6 heteroatoms. The summed E-state index contributed by atoms with van der Waals surface area (Å²) in [6.07, 6.45) is 0. The number of imide groups is 1. The average Bonchev–Trinajstić information content (AvgIpc) is 2.52. The molecule has 0 aliphatic carbocycles. The van der Waals surface area contributed by atoms with Gasteiger partial charge in [-0.25, -0.2) is 9.59 Å². The minimum absolute atomic E-state index is 0.217. The molecule has 0 fully saturated rings. The Bertz CT molecular complexity index is 666. The molecule has 1 aromatic carbocycles. The van der Waals surface area contributed by atoms with Gasteiger partial charge in [-0.1, -0.05) is 30.3 Å². The summed E-state index contributed by atoms with van der Waals surface area (Å²) >= 11 is 0. The first kappa shape index (κ1) is 16.7. The number of amides is 3. The van der Waals surface area contributed by atoms with Gasteiger partial charge in [-0.05, 0) is 19.4 Å². The van der Waals surface area contributed by atoms with E-state index in [1.807, 2.05) is 6.07 Å². The molecule has 23 heavy (non-hydrogen) atoms. The number of nitrogens with zero attached hydrogens (tertiary/aromatic N) is 2. The second kappa shape index (κ2) is 6.64. The first-order chi connectivity index (χ1) is 10.9. The van der Waals surface area contributed by atoms with Crippen molar-refractivity contribution in [2.45, 2.75) is 26.8 Å². The number of allylic oxidation sites excluding steroid dienone is 1. The van der Waals surface area contributed by atoms with Gasteiger partial charge in [-0.3, -0.25) is 9.69 Å². The van der Waals surface area contributed by atoms with Gasteiger partial charge in [0.25, 0.3) is 0 Å². The Hall–Kier alpha value is -2.63. The number of urea groups is 1. The highest BCUT2D eigenvalue weighted by Gasteiger charge is 2.42. The van der Waals surface area contributed by atoms with E-state index in [0.29, 0.717) is 16.8 Å². The Labute approximate surface area is 135 Å². The predicted molar refractivity (Wildman–Crippen MR) is 84.2 cm³/mol. The maximum absolute atomic E-state index is 12.5. The largest absolute Gasteiger partial charge is 0.463 e. The van der Waals surface area contributed by atoms with E-state index in [2.05, 4.69) is 0 Å². The predicted octanol–water partition coefficient (Wildman–Crippen LogP) is 2.48. The van der Waals surface area contributed by atoms with Crippen molar-refractivity contribution in [3.8, 4) is 0 Å². The molecule has 0 N–H and O–H groups in total. The highest BCUT2D eigenvalue weighted by Crippen LogP contribution is 2.37. The van der Waals surface area contributed by atoms with Crippen LogP contribution < -0.4 is 0 Å². The van der Waals surface area contributed by atoms with E-state index in [4.69, 9.17) is 4.74 Å². The second-order valence-corrected chi connectivity index (χ2v) is 5.26. The van der Waals surface area contributed by atoms with E-state index in [1.54, 1.807) is 38.1 Å². The summed E-state index contributed by atoms with van der Waals surface area (Å²) in [7, 11) is 1.54. The molecule has 1 aromatic rings. The Morgan fingerprint density at radius 3 is 2.35 bits per heavy atom. The lowest BCUT2D eigenvalue weighted by atomic mass is 9.93. The zero-order valence-corrected chi connectivity index (χ0v) is 13.7. The summed E-state index contributed by atoms with van der Waals surface area (Å²) in [5.41, 5.74) is 1.47. The van der Waals surface area contributed by atoms with Crippen LogP contribution in [-0.2, 0) is 14.3 Å². The molecule has 1 aliphatic heterocycles. The number of esters is 1. The summed E-state index contributed by atoms with van der Waals surface area (Å²) < 4.78 is 5.14. The van der Waals surface area contributed by atoms with Crippen molar-refractivity contribution < 1.29 is 19.1 Å². The molecule has 1 atom stereocenters. The van der Waals surface area contributed by atoms with E-state index in [0.717, 1.165) is 4.90 Å². The third kappa shape index (κ3) is 2.97. The third-order valence-electron chi connectivity index (χ3n) is 3.87. The molecule has 0 saturated heterocycles. The molecular formula is C17H20N2O4. The van der Waals surface area contributed by atoms with Gasteiger partial charge in [-0.15, -0.1) is 0 Å². The smallest absolute Gasteiger partial charge is 0.338 e. The number of rotatable bonds is 3. The maximum atomic E-state index is 12.5. The van der Waals surface area contributed by atoms with Gasteiger partial charge in [0.2, 0.25) is 5.91 Å². The van der Waals surface area contributed by atoms with Crippen LogP contribution >= 0.6 is 0 Å². The lowest BCUT2D eigenvalue weighted by molar-refractivity contribution is -0.140. The number of hydrogen-bond donors (Lipinski definition) is 0. The van der Waals surface area contributed by atoms with Crippen LogP contribution in [0, 0.1) is 0 Å². The van der Waals surface area contributed by atoms with Crippen molar-refractivity contribution in [2.24, 2.45) is 0 Å². The number of ether oxygens (including phenoxy) is 1. The van der Waals surface area contributed by atoms with E-state index in [1.165, 1.54) is 18.9 Å². The van der Waals surface area contributed by atoms with Crippen LogP contribution in [0.25, 0.3) is 0 Å². The topological polar surface area (TPSA) is 66.9 Å². The van der Waals surface area contributed by atoms with Crippen molar-refractivity contribution in [3.05, 3.63) is 47.2 Å². The van der Waals surface area contributed by atoms with Crippen LogP contribution in [0.5, 0.6) is 0 Å². The van der Waals surface area contributed by atoms with Crippen LogP contribution in [0.2, 0.25) is 0 Å². The SMILES string of the molecule is CCOC(=O)C1=C(C)N(C)C(=O)N(C(C)=O)C1c1ccccc1. The Balaban J connectivity index is 2.67. The van der Waals surface area contributed by atoms with Crippen LogP contribution in [0.1, 0.15) is 32.4 Å². The first-order valence-electron chi connectivity index (χ1n) is 7.40. The number of benzene rings is 1. The molecule has 2 rings (SSSR count). The fraction of sp³-hybridized carbons (Fsp3) is 0.353. The van der Waals surface area contributed by atoms with Crippen LogP contribution in [0.15, 0.2) is 41.6 Å². The average molecular weight is 316 g/mol. The molecule has 0 bridgehead atoms. The number of carbonyl (C=O) groups excluding carboxylic acids is 3. The molecule has 0 aromatic heterocycles. The minimum Gasteiger partial charge on any atom is -0.463 e. The summed E-state index contributed by atoms with van der Waals surface area (Å²) in [5.74, 6) is -0.950.